The first kappa shape index (κ1) is 9.82. The zero-order chi connectivity index (χ0) is 9.30. The van der Waals surface area contributed by atoms with Gasteiger partial charge in [-0.1, -0.05) is 0 Å². The van der Waals surface area contributed by atoms with Crippen molar-refractivity contribution in [3.8, 4) is 0 Å². The summed E-state index contributed by atoms with van der Waals surface area (Å²) in [6, 6.07) is 0. The molecule has 0 saturated carbocycles. The van der Waals surface area contributed by atoms with Gasteiger partial charge in [-0.05, 0) is 0 Å². The number of hydrogen-bond acceptors (Lipinski definition) is 5. The molecule has 12 heavy (non-hydrogen) atoms. The topological polar surface area (TPSA) is 90.2 Å². The van der Waals surface area contributed by atoms with Gasteiger partial charge in [0.1, 0.15) is 18.3 Å². The second-order valence-electron chi connectivity index (χ2n) is 2.67. The maximum Gasteiger partial charge on any atom is 0.189 e. The van der Waals surface area contributed by atoms with Gasteiger partial charge in [0.15, 0.2) is 12.5 Å². The van der Waals surface area contributed by atoms with Gasteiger partial charge in [0, 0.05) is 0 Å². The standard InChI is InChI=1S/C6H11FO5/c7-3-5(10)4(9)2(1-8)12-6(3)11/h2-6,8-11H,1H2/t2-,3+,4-,5+,6+/m0/s1. The lowest BCUT2D eigenvalue weighted by Gasteiger charge is -2.36. The first-order valence-electron chi connectivity index (χ1n) is 3.52. The number of ether oxygens (including phenoxy) is 1. The molecule has 72 valence electrons. The minimum atomic E-state index is -2.04. The molecule has 0 radical (unpaired) electrons. The van der Waals surface area contributed by atoms with Crippen molar-refractivity contribution in [3.05, 3.63) is 0 Å². The predicted molar refractivity (Wildman–Crippen MR) is 34.9 cm³/mol. The molecular weight excluding hydrogens is 171 g/mol. The van der Waals surface area contributed by atoms with Gasteiger partial charge in [-0.3, -0.25) is 0 Å². The average Bonchev–Trinajstić information content (AvgIpc) is 2.08. The van der Waals surface area contributed by atoms with E-state index in [1.54, 1.807) is 0 Å². The van der Waals surface area contributed by atoms with Crippen molar-refractivity contribution in [2.45, 2.75) is 30.8 Å². The second-order valence-corrected chi connectivity index (χ2v) is 2.67. The maximum absolute atomic E-state index is 12.7. The van der Waals surface area contributed by atoms with Crippen LogP contribution in [-0.4, -0.2) is 57.8 Å². The Labute approximate surface area is 68.0 Å². The van der Waals surface area contributed by atoms with Crippen LogP contribution >= 0.6 is 0 Å². The van der Waals surface area contributed by atoms with Gasteiger partial charge < -0.3 is 25.2 Å². The van der Waals surface area contributed by atoms with E-state index in [0.717, 1.165) is 0 Å². The van der Waals surface area contributed by atoms with E-state index >= 15 is 0 Å². The molecule has 1 aliphatic heterocycles. The van der Waals surface area contributed by atoms with E-state index in [1.807, 2.05) is 0 Å². The van der Waals surface area contributed by atoms with Gasteiger partial charge in [-0.25, -0.2) is 4.39 Å². The molecular formula is C6H11FO5. The van der Waals surface area contributed by atoms with Crippen molar-refractivity contribution in [2.75, 3.05) is 6.61 Å². The van der Waals surface area contributed by atoms with Crippen molar-refractivity contribution in [3.63, 3.8) is 0 Å². The molecule has 0 bridgehead atoms. The van der Waals surface area contributed by atoms with E-state index in [0.29, 0.717) is 0 Å². The summed E-state index contributed by atoms with van der Waals surface area (Å²) >= 11 is 0. The Kier molecular flexibility index (Phi) is 2.97. The molecule has 5 nitrogen and oxygen atoms in total. The van der Waals surface area contributed by atoms with Gasteiger partial charge in [-0.15, -0.1) is 0 Å². The zero-order valence-electron chi connectivity index (χ0n) is 6.17. The molecule has 0 amide bonds. The first-order valence-corrected chi connectivity index (χ1v) is 3.52. The minimum absolute atomic E-state index is 0.581. The Bertz CT molecular complexity index is 150. The van der Waals surface area contributed by atoms with Gasteiger partial charge in [0.2, 0.25) is 0 Å². The van der Waals surface area contributed by atoms with Crippen LogP contribution in [0.5, 0.6) is 0 Å². The van der Waals surface area contributed by atoms with Crippen LogP contribution in [0.15, 0.2) is 0 Å². The highest BCUT2D eigenvalue weighted by Gasteiger charge is 2.43. The van der Waals surface area contributed by atoms with Crippen molar-refractivity contribution >= 4 is 0 Å². The molecule has 1 heterocycles. The van der Waals surface area contributed by atoms with E-state index in [-0.39, 0.29) is 0 Å². The molecule has 6 heteroatoms. The second kappa shape index (κ2) is 3.63. The molecule has 0 aromatic carbocycles. The van der Waals surface area contributed by atoms with Crippen molar-refractivity contribution < 1.29 is 29.6 Å². The minimum Gasteiger partial charge on any atom is -0.394 e. The lowest BCUT2D eigenvalue weighted by atomic mass is 10.0. The molecule has 0 aromatic heterocycles. The lowest BCUT2D eigenvalue weighted by Crippen LogP contribution is -2.56. The van der Waals surface area contributed by atoms with Crippen molar-refractivity contribution in [2.24, 2.45) is 0 Å². The Morgan fingerprint density at radius 3 is 2.25 bits per heavy atom. The van der Waals surface area contributed by atoms with E-state index in [4.69, 9.17) is 20.4 Å². The van der Waals surface area contributed by atoms with Crippen molar-refractivity contribution in [1.29, 1.82) is 0 Å². The third-order valence-electron chi connectivity index (χ3n) is 1.82. The predicted octanol–water partition coefficient (Wildman–Crippen LogP) is -2.24. The number of alkyl halides is 1. The number of aliphatic hydroxyl groups excluding tert-OH is 4. The number of hydrogen-bond donors (Lipinski definition) is 4. The van der Waals surface area contributed by atoms with E-state index < -0.39 is 37.4 Å². The van der Waals surface area contributed by atoms with E-state index in [1.165, 1.54) is 0 Å². The number of halogens is 1. The van der Waals surface area contributed by atoms with Gasteiger partial charge >= 0.3 is 0 Å². The fourth-order valence-corrected chi connectivity index (χ4v) is 1.06. The molecule has 0 aromatic rings. The van der Waals surface area contributed by atoms with Crippen LogP contribution in [0, 0.1) is 0 Å². The largest absolute Gasteiger partial charge is 0.394 e. The van der Waals surface area contributed by atoms with E-state index in [9.17, 15) is 4.39 Å². The van der Waals surface area contributed by atoms with Crippen LogP contribution in [0.3, 0.4) is 0 Å². The highest BCUT2D eigenvalue weighted by Crippen LogP contribution is 2.21. The van der Waals surface area contributed by atoms with E-state index in [2.05, 4.69) is 4.74 Å². The third-order valence-corrected chi connectivity index (χ3v) is 1.82. The molecule has 4 N–H and O–H groups in total. The summed E-state index contributed by atoms with van der Waals surface area (Å²) in [4.78, 5) is 0. The zero-order valence-corrected chi connectivity index (χ0v) is 6.17. The van der Waals surface area contributed by atoms with Crippen LogP contribution in [-0.2, 0) is 4.74 Å². The van der Waals surface area contributed by atoms with Crippen LogP contribution in [0.1, 0.15) is 0 Å². The third kappa shape index (κ3) is 1.57. The normalized spacial score (nSPS) is 49.2. The van der Waals surface area contributed by atoms with Crippen LogP contribution in [0.25, 0.3) is 0 Å². The van der Waals surface area contributed by atoms with Gasteiger partial charge in [0.05, 0.1) is 6.61 Å². The highest BCUT2D eigenvalue weighted by molar-refractivity contribution is 4.88. The number of rotatable bonds is 1. The average molecular weight is 182 g/mol. The molecule has 1 saturated heterocycles. The van der Waals surface area contributed by atoms with Crippen LogP contribution in [0.4, 0.5) is 4.39 Å². The summed E-state index contributed by atoms with van der Waals surface area (Å²) in [5.74, 6) is 0. The quantitative estimate of drug-likeness (QED) is 0.368. The SMILES string of the molecule is OC[C@@H]1O[C@@H](O)[C@H](F)[C@@H](O)[C@H]1O. The molecule has 1 rings (SSSR count). The summed E-state index contributed by atoms with van der Waals surface area (Å²) < 4.78 is 17.1. The summed E-state index contributed by atoms with van der Waals surface area (Å²) in [5.41, 5.74) is 0. The summed E-state index contributed by atoms with van der Waals surface area (Å²) in [5, 5.41) is 35.3. The molecule has 0 unspecified atom stereocenters. The summed E-state index contributed by atoms with van der Waals surface area (Å²) in [6.45, 7) is -0.581. The number of aliphatic hydroxyl groups is 4. The monoisotopic (exact) mass is 182 g/mol. The summed E-state index contributed by atoms with van der Waals surface area (Å²) in [6.07, 6.45) is -8.19. The van der Waals surface area contributed by atoms with Gasteiger partial charge in [-0.2, -0.15) is 0 Å². The first-order chi connectivity index (χ1) is 5.57. The molecule has 0 aliphatic carbocycles. The highest BCUT2D eigenvalue weighted by atomic mass is 19.1. The molecule has 5 atom stereocenters. The molecule has 1 aliphatic rings. The van der Waals surface area contributed by atoms with Crippen LogP contribution in [0.2, 0.25) is 0 Å². The molecule has 1 fully saturated rings. The smallest absolute Gasteiger partial charge is 0.189 e. The summed E-state index contributed by atoms with van der Waals surface area (Å²) in [7, 11) is 0. The Morgan fingerprint density at radius 1 is 1.17 bits per heavy atom. The molecule has 0 spiro atoms. The van der Waals surface area contributed by atoms with Crippen molar-refractivity contribution in [1.82, 2.24) is 0 Å². The fraction of sp³-hybridized carbons (Fsp3) is 1.00. The lowest BCUT2D eigenvalue weighted by molar-refractivity contribution is -0.271. The maximum atomic E-state index is 12.7. The Morgan fingerprint density at radius 2 is 1.75 bits per heavy atom. The van der Waals surface area contributed by atoms with Gasteiger partial charge in [0.25, 0.3) is 0 Å². The van der Waals surface area contributed by atoms with Crippen LogP contribution < -0.4 is 0 Å². The Balaban J connectivity index is 2.63. The Hall–Kier alpha value is -0.270. The fourth-order valence-electron chi connectivity index (χ4n) is 1.06.